The Hall–Kier alpha value is -3.09. The predicted octanol–water partition coefficient (Wildman–Crippen LogP) is 3.83. The van der Waals surface area contributed by atoms with E-state index in [1.165, 1.54) is 36.4 Å². The Balaban J connectivity index is 2.32. The van der Waals surface area contributed by atoms with Gasteiger partial charge in [0.2, 0.25) is 0 Å². The zero-order valence-electron chi connectivity index (χ0n) is 17.5. The number of hydrogen-bond donors (Lipinski definition) is 0. The average molecular weight is 429 g/mol. The molecule has 158 valence electrons. The molecule has 0 amide bonds. The number of rotatable bonds is 5. The van der Waals surface area contributed by atoms with Crippen LogP contribution in [0.3, 0.4) is 0 Å². The van der Waals surface area contributed by atoms with Gasteiger partial charge in [0.15, 0.2) is 0 Å². The van der Waals surface area contributed by atoms with E-state index in [-0.39, 0.29) is 27.5 Å². The van der Waals surface area contributed by atoms with Crippen LogP contribution in [0.1, 0.15) is 50.5 Å². The lowest BCUT2D eigenvalue weighted by Gasteiger charge is -2.18. The van der Waals surface area contributed by atoms with Crippen LogP contribution in [0, 0.1) is 5.92 Å². The van der Waals surface area contributed by atoms with E-state index in [0.717, 1.165) is 5.56 Å². The third kappa shape index (κ3) is 5.09. The summed E-state index contributed by atoms with van der Waals surface area (Å²) in [5.74, 6) is -1.56. The highest BCUT2D eigenvalue weighted by Crippen LogP contribution is 2.23. The van der Waals surface area contributed by atoms with Crippen LogP contribution in [0.5, 0.6) is 5.75 Å². The first-order valence-corrected chi connectivity index (χ1v) is 10.8. The molecular formula is C22H24N2O5S. The van der Waals surface area contributed by atoms with Crippen molar-refractivity contribution in [2.24, 2.45) is 5.92 Å². The lowest BCUT2D eigenvalue weighted by Crippen LogP contribution is -2.26. The zero-order valence-corrected chi connectivity index (χ0v) is 18.4. The van der Waals surface area contributed by atoms with Gasteiger partial charge in [0, 0.05) is 5.56 Å². The van der Waals surface area contributed by atoms with Crippen LogP contribution in [-0.4, -0.2) is 30.0 Å². The van der Waals surface area contributed by atoms with E-state index >= 15 is 0 Å². The molecule has 0 atom stereocenters. The summed E-state index contributed by atoms with van der Waals surface area (Å²) in [6.07, 6.45) is 0. The highest BCUT2D eigenvalue weighted by atomic mass is 32.2. The van der Waals surface area contributed by atoms with E-state index in [1.807, 2.05) is 20.8 Å². The van der Waals surface area contributed by atoms with E-state index in [0.29, 0.717) is 0 Å². The predicted molar refractivity (Wildman–Crippen MR) is 112 cm³/mol. The van der Waals surface area contributed by atoms with Crippen molar-refractivity contribution >= 4 is 26.6 Å². The number of ketones is 1. The molecular weight excluding hydrogens is 404 g/mol. The molecule has 0 fully saturated rings. The van der Waals surface area contributed by atoms with Crippen molar-refractivity contribution < 1.29 is 27.5 Å². The third-order valence-corrected chi connectivity index (χ3v) is 6.05. The van der Waals surface area contributed by atoms with Gasteiger partial charge in [0.25, 0.3) is 15.6 Å². The lowest BCUT2D eigenvalue weighted by molar-refractivity contribution is -0.137. The second-order valence-electron chi connectivity index (χ2n) is 8.11. The Morgan fingerprint density at radius 3 is 1.93 bits per heavy atom. The van der Waals surface area contributed by atoms with Crippen LogP contribution < -0.4 is 4.74 Å². The molecule has 0 unspecified atom stereocenters. The average Bonchev–Trinajstić information content (AvgIpc) is 2.68. The fourth-order valence-corrected chi connectivity index (χ4v) is 3.69. The van der Waals surface area contributed by atoms with Crippen molar-refractivity contribution in [3.8, 4) is 5.75 Å². The van der Waals surface area contributed by atoms with Gasteiger partial charge in [0.1, 0.15) is 5.75 Å². The monoisotopic (exact) mass is 428 g/mol. The van der Waals surface area contributed by atoms with Crippen molar-refractivity contribution in [3.05, 3.63) is 65.2 Å². The van der Waals surface area contributed by atoms with Gasteiger partial charge in [-0.05, 0) is 35.2 Å². The minimum absolute atomic E-state index is 0.0851. The SMILES string of the molecule is CC(C)C(=O)Oc1ccc(S(=O)(=O)C(=[N+]=[N-])C(=O)c2ccc(C(C)(C)C)cc2)cc1. The summed E-state index contributed by atoms with van der Waals surface area (Å²) < 4.78 is 30.8. The number of carbonyl (C=O) groups excluding carboxylic acids is 2. The Morgan fingerprint density at radius 2 is 1.50 bits per heavy atom. The van der Waals surface area contributed by atoms with Crippen molar-refractivity contribution in [2.45, 2.75) is 44.9 Å². The summed E-state index contributed by atoms with van der Waals surface area (Å²) in [5.41, 5.74) is 10.2. The molecule has 2 rings (SSSR count). The lowest BCUT2D eigenvalue weighted by atomic mass is 9.86. The molecule has 30 heavy (non-hydrogen) atoms. The third-order valence-electron chi connectivity index (χ3n) is 4.38. The van der Waals surface area contributed by atoms with Crippen LogP contribution in [0.25, 0.3) is 5.53 Å². The Bertz CT molecular complexity index is 1100. The minimum atomic E-state index is -4.39. The molecule has 0 aromatic heterocycles. The number of nitrogens with zero attached hydrogens (tertiary/aromatic N) is 2. The van der Waals surface area contributed by atoms with Crippen LogP contribution in [0.15, 0.2) is 53.4 Å². The van der Waals surface area contributed by atoms with Gasteiger partial charge in [-0.1, -0.05) is 58.9 Å². The van der Waals surface area contributed by atoms with Crippen LogP contribution in [0.4, 0.5) is 0 Å². The Labute approximate surface area is 176 Å². The van der Waals surface area contributed by atoms with Gasteiger partial charge in [-0.3, -0.25) is 9.59 Å². The van der Waals surface area contributed by atoms with Gasteiger partial charge in [-0.2, -0.15) is 0 Å². The summed E-state index contributed by atoms with van der Waals surface area (Å²) in [6, 6.07) is 11.4. The molecule has 2 aromatic carbocycles. The first kappa shape index (κ1) is 23.2. The smallest absolute Gasteiger partial charge is 0.426 e. The second-order valence-corrected chi connectivity index (χ2v) is 9.98. The van der Waals surface area contributed by atoms with Crippen LogP contribution in [0.2, 0.25) is 0 Å². The van der Waals surface area contributed by atoms with Crippen LogP contribution >= 0.6 is 0 Å². The Morgan fingerprint density at radius 1 is 0.967 bits per heavy atom. The van der Waals surface area contributed by atoms with E-state index in [1.54, 1.807) is 26.0 Å². The molecule has 0 aliphatic heterocycles. The maximum atomic E-state index is 12.8. The molecule has 0 saturated heterocycles. The molecule has 0 aliphatic rings. The largest absolute Gasteiger partial charge is 0.456 e. The molecule has 0 aliphatic carbocycles. The minimum Gasteiger partial charge on any atom is -0.426 e. The number of sulfone groups is 1. The van der Waals surface area contributed by atoms with E-state index in [2.05, 4.69) is 4.79 Å². The number of hydrogen-bond acceptors (Lipinski definition) is 5. The fraction of sp³-hybridized carbons (Fsp3) is 0.318. The molecule has 0 N–H and O–H groups in total. The zero-order chi connectivity index (χ0) is 22.7. The fourth-order valence-electron chi connectivity index (χ4n) is 2.50. The molecule has 0 radical (unpaired) electrons. The van der Waals surface area contributed by atoms with Gasteiger partial charge < -0.3 is 10.3 Å². The van der Waals surface area contributed by atoms with Crippen molar-refractivity contribution in [1.29, 1.82) is 0 Å². The molecule has 0 bridgehead atoms. The van der Waals surface area contributed by atoms with E-state index in [9.17, 15) is 23.5 Å². The molecule has 7 nitrogen and oxygen atoms in total. The van der Waals surface area contributed by atoms with Crippen molar-refractivity contribution in [2.75, 3.05) is 0 Å². The maximum Gasteiger partial charge on any atom is 0.456 e. The number of carbonyl (C=O) groups is 2. The topological polar surface area (TPSA) is 114 Å². The van der Waals surface area contributed by atoms with Crippen LogP contribution in [-0.2, 0) is 20.0 Å². The Kier molecular flexibility index (Phi) is 6.75. The maximum absolute atomic E-state index is 12.8. The summed E-state index contributed by atoms with van der Waals surface area (Å²) in [7, 11) is -4.39. The van der Waals surface area contributed by atoms with Gasteiger partial charge >= 0.3 is 11.0 Å². The van der Waals surface area contributed by atoms with Crippen molar-refractivity contribution in [3.63, 3.8) is 0 Å². The highest BCUT2D eigenvalue weighted by molar-refractivity contribution is 8.08. The quantitative estimate of drug-likeness (QED) is 0.137. The molecule has 2 aromatic rings. The number of esters is 1. The normalized spacial score (nSPS) is 11.7. The van der Waals surface area contributed by atoms with E-state index in [4.69, 9.17) is 4.74 Å². The summed E-state index contributed by atoms with van der Waals surface area (Å²) in [4.78, 5) is 26.9. The summed E-state index contributed by atoms with van der Waals surface area (Å²) in [5, 5.41) is -0.988. The number of ether oxygens (including phenoxy) is 1. The molecule has 0 spiro atoms. The number of Topliss-reactive ketones (excluding diaryl/α,β-unsaturated/α-hetero) is 1. The first-order valence-electron chi connectivity index (χ1n) is 9.32. The first-order chi connectivity index (χ1) is 13.9. The van der Waals surface area contributed by atoms with Gasteiger partial charge in [-0.25, -0.2) is 8.42 Å². The second kappa shape index (κ2) is 8.73. The van der Waals surface area contributed by atoms with Gasteiger partial charge in [0.05, 0.1) is 10.8 Å². The van der Waals surface area contributed by atoms with Gasteiger partial charge in [-0.15, -0.1) is 4.79 Å². The summed E-state index contributed by atoms with van der Waals surface area (Å²) in [6.45, 7) is 9.38. The number of benzene rings is 2. The molecule has 0 heterocycles. The van der Waals surface area contributed by atoms with Crippen molar-refractivity contribution in [1.82, 2.24) is 0 Å². The summed E-state index contributed by atoms with van der Waals surface area (Å²) >= 11 is 0. The van der Waals surface area contributed by atoms with E-state index < -0.39 is 26.6 Å². The molecule has 8 heteroatoms. The highest BCUT2D eigenvalue weighted by Gasteiger charge is 2.38. The standard InChI is InChI=1S/C22H24N2O5S/c1-14(2)21(26)29-17-10-12-18(13-11-17)30(27,28)20(24-23)19(25)15-6-8-16(9-7-15)22(3,4)5/h6-14H,1-5H3. The molecule has 0 saturated carbocycles.